The van der Waals surface area contributed by atoms with E-state index in [1.807, 2.05) is 0 Å². The van der Waals surface area contributed by atoms with Gasteiger partial charge >= 0.3 is 12.4 Å². The van der Waals surface area contributed by atoms with Crippen molar-refractivity contribution >= 4 is 12.4 Å². The highest BCUT2D eigenvalue weighted by Crippen LogP contribution is 1.86. The van der Waals surface area contributed by atoms with Gasteiger partial charge in [0.1, 0.15) is 0 Å². The van der Waals surface area contributed by atoms with Gasteiger partial charge < -0.3 is 4.74 Å². The molecule has 0 spiro atoms. The second-order valence-corrected chi connectivity index (χ2v) is 1.16. The molecular formula is C5H6O3. The first kappa shape index (κ1) is 7.14. The Hall–Kier alpha value is -0.860. The summed E-state index contributed by atoms with van der Waals surface area (Å²) in [7, 11) is 0. The number of hydrogen-bond donors (Lipinski definition) is 0. The maximum Gasteiger partial charge on any atom is 0.425 e. The van der Waals surface area contributed by atoms with E-state index >= 15 is 0 Å². The lowest BCUT2D eigenvalue weighted by Crippen LogP contribution is -2.00. The van der Waals surface area contributed by atoms with Gasteiger partial charge in [0.15, 0.2) is 0 Å². The van der Waals surface area contributed by atoms with Gasteiger partial charge in [-0.1, -0.05) is 6.92 Å². The highest BCUT2D eigenvalue weighted by molar-refractivity contribution is 5.76. The number of rotatable bonds is 3. The van der Waals surface area contributed by atoms with Crippen LogP contribution in [0.15, 0.2) is 0 Å². The van der Waals surface area contributed by atoms with Crippen molar-refractivity contribution in [1.82, 2.24) is 0 Å². The molecule has 0 fully saturated rings. The van der Waals surface area contributed by atoms with Crippen LogP contribution < -0.4 is 0 Å². The second kappa shape index (κ2) is 4.30. The van der Waals surface area contributed by atoms with E-state index in [0.29, 0.717) is 6.42 Å². The van der Waals surface area contributed by atoms with E-state index in [2.05, 4.69) is 11.7 Å². The third-order valence-corrected chi connectivity index (χ3v) is 0.536. The fraction of sp³-hybridized carbons (Fsp3) is 0.400. The minimum absolute atomic E-state index is 0.176. The average molecular weight is 114 g/mol. The SMILES string of the molecule is [CH2]CCC(=O)O[C]=O. The van der Waals surface area contributed by atoms with Gasteiger partial charge in [-0.3, -0.25) is 4.79 Å². The van der Waals surface area contributed by atoms with E-state index in [1.165, 1.54) is 0 Å². The Morgan fingerprint density at radius 1 is 1.75 bits per heavy atom. The molecule has 0 aliphatic rings. The van der Waals surface area contributed by atoms with Crippen molar-refractivity contribution in [1.29, 1.82) is 0 Å². The van der Waals surface area contributed by atoms with E-state index in [-0.39, 0.29) is 6.42 Å². The van der Waals surface area contributed by atoms with Crippen LogP contribution in [0.3, 0.4) is 0 Å². The van der Waals surface area contributed by atoms with Crippen LogP contribution in [0.2, 0.25) is 0 Å². The minimum Gasteiger partial charge on any atom is -0.384 e. The van der Waals surface area contributed by atoms with Crippen molar-refractivity contribution in [2.75, 3.05) is 0 Å². The molecule has 0 rings (SSSR count). The Bertz CT molecular complexity index is 87.7. The molecule has 0 saturated carbocycles. The summed E-state index contributed by atoms with van der Waals surface area (Å²) in [6.45, 7) is 4.40. The molecule has 0 aliphatic carbocycles. The Kier molecular flexibility index (Phi) is 3.84. The van der Waals surface area contributed by atoms with Crippen LogP contribution in [0, 0.1) is 6.92 Å². The van der Waals surface area contributed by atoms with E-state index in [9.17, 15) is 9.59 Å². The molecule has 0 aromatic rings. The highest BCUT2D eigenvalue weighted by Gasteiger charge is 1.97. The first-order valence-corrected chi connectivity index (χ1v) is 2.17. The van der Waals surface area contributed by atoms with Crippen LogP contribution in [0.5, 0.6) is 0 Å². The predicted molar refractivity (Wildman–Crippen MR) is 26.4 cm³/mol. The molecule has 0 atom stereocenters. The largest absolute Gasteiger partial charge is 0.425 e. The lowest BCUT2D eigenvalue weighted by atomic mass is 10.3. The van der Waals surface area contributed by atoms with E-state index in [0.717, 1.165) is 6.47 Å². The van der Waals surface area contributed by atoms with Crippen molar-refractivity contribution in [2.24, 2.45) is 0 Å². The molecule has 0 aromatic carbocycles. The topological polar surface area (TPSA) is 43.4 Å². The van der Waals surface area contributed by atoms with Gasteiger partial charge in [0.2, 0.25) is 0 Å². The highest BCUT2D eigenvalue weighted by atomic mass is 16.6. The van der Waals surface area contributed by atoms with Gasteiger partial charge in [-0.15, -0.1) is 0 Å². The molecule has 2 radical (unpaired) electrons. The maximum atomic E-state index is 10.1. The summed E-state index contributed by atoms with van der Waals surface area (Å²) in [5, 5.41) is 0. The van der Waals surface area contributed by atoms with Crippen molar-refractivity contribution in [3.8, 4) is 0 Å². The number of carbonyl (C=O) groups excluding carboxylic acids is 2. The summed E-state index contributed by atoms with van der Waals surface area (Å²) >= 11 is 0. The fourth-order valence-corrected chi connectivity index (χ4v) is 0.242. The van der Waals surface area contributed by atoms with Gasteiger partial charge in [-0.25, -0.2) is 4.79 Å². The normalized spacial score (nSPS) is 8.12. The molecule has 8 heavy (non-hydrogen) atoms. The molecule has 44 valence electrons. The molecule has 3 nitrogen and oxygen atoms in total. The monoisotopic (exact) mass is 114 g/mol. The Morgan fingerprint density at radius 3 is 2.75 bits per heavy atom. The Balaban J connectivity index is 3.18. The van der Waals surface area contributed by atoms with Crippen LogP contribution in [0.1, 0.15) is 12.8 Å². The number of ether oxygens (including phenoxy) is 1. The van der Waals surface area contributed by atoms with Crippen LogP contribution >= 0.6 is 0 Å². The molecule has 0 heterocycles. The van der Waals surface area contributed by atoms with Crippen LogP contribution in [0.4, 0.5) is 0 Å². The quantitative estimate of drug-likeness (QED) is 0.389. The maximum absolute atomic E-state index is 10.1. The molecule has 0 saturated heterocycles. The molecule has 3 heteroatoms. The van der Waals surface area contributed by atoms with Gasteiger partial charge in [0, 0.05) is 6.42 Å². The fourth-order valence-electron chi connectivity index (χ4n) is 0.242. The molecule has 0 aromatic heterocycles. The summed E-state index contributed by atoms with van der Waals surface area (Å²) in [6.07, 6.45) is 0.621. The molecular weight excluding hydrogens is 108 g/mol. The minimum atomic E-state index is -0.574. The van der Waals surface area contributed by atoms with Crippen molar-refractivity contribution in [3.05, 3.63) is 6.92 Å². The van der Waals surface area contributed by atoms with E-state index < -0.39 is 5.97 Å². The molecule has 0 N–H and O–H groups in total. The van der Waals surface area contributed by atoms with Crippen molar-refractivity contribution < 1.29 is 14.3 Å². The zero-order valence-electron chi connectivity index (χ0n) is 4.35. The molecule has 0 aliphatic heterocycles. The third-order valence-electron chi connectivity index (χ3n) is 0.536. The van der Waals surface area contributed by atoms with Gasteiger partial charge in [-0.2, -0.15) is 0 Å². The van der Waals surface area contributed by atoms with Crippen LogP contribution in [-0.4, -0.2) is 12.4 Å². The zero-order valence-corrected chi connectivity index (χ0v) is 4.35. The van der Waals surface area contributed by atoms with Crippen molar-refractivity contribution in [2.45, 2.75) is 12.8 Å². The lowest BCUT2D eigenvalue weighted by Gasteiger charge is -1.88. The average Bonchev–Trinajstić information content (AvgIpc) is 1.68. The van der Waals surface area contributed by atoms with E-state index in [1.54, 1.807) is 0 Å². The first-order valence-electron chi connectivity index (χ1n) is 2.17. The first-order chi connectivity index (χ1) is 3.81. The van der Waals surface area contributed by atoms with Crippen molar-refractivity contribution in [3.63, 3.8) is 0 Å². The summed E-state index contributed by atoms with van der Waals surface area (Å²) in [5.74, 6) is -0.574. The summed E-state index contributed by atoms with van der Waals surface area (Å²) < 4.78 is 3.80. The lowest BCUT2D eigenvalue weighted by molar-refractivity contribution is -0.135. The van der Waals surface area contributed by atoms with Gasteiger partial charge in [0.25, 0.3) is 0 Å². The molecule has 0 unspecified atom stereocenters. The smallest absolute Gasteiger partial charge is 0.384 e. The number of hydrogen-bond acceptors (Lipinski definition) is 3. The standard InChI is InChI=1S/C5H6O3/c1-2-3-5(7)8-4-6/h1-3H2. The molecule has 0 bridgehead atoms. The van der Waals surface area contributed by atoms with Gasteiger partial charge in [-0.05, 0) is 6.42 Å². The summed E-state index contributed by atoms with van der Waals surface area (Å²) in [6, 6.07) is 0. The number of carbonyl (C=O) groups is 1. The number of esters is 1. The summed E-state index contributed by atoms with van der Waals surface area (Å²) in [5.41, 5.74) is 0. The van der Waals surface area contributed by atoms with Gasteiger partial charge in [0.05, 0.1) is 0 Å². The van der Waals surface area contributed by atoms with Crippen LogP contribution in [-0.2, 0) is 14.3 Å². The van der Waals surface area contributed by atoms with Crippen LogP contribution in [0.25, 0.3) is 0 Å². The molecule has 0 amide bonds. The third kappa shape index (κ3) is 3.33. The zero-order chi connectivity index (χ0) is 6.41. The second-order valence-electron chi connectivity index (χ2n) is 1.16. The summed E-state index contributed by atoms with van der Waals surface area (Å²) in [4.78, 5) is 19.4. The van der Waals surface area contributed by atoms with E-state index in [4.69, 9.17) is 0 Å². The Labute approximate surface area is 47.6 Å². The Morgan fingerprint density at radius 2 is 2.38 bits per heavy atom. The predicted octanol–water partition coefficient (Wildman–Crippen LogP) is 0.211.